The van der Waals surface area contributed by atoms with Crippen LogP contribution in [0.5, 0.6) is 11.5 Å². The predicted molar refractivity (Wildman–Crippen MR) is 117 cm³/mol. The van der Waals surface area contributed by atoms with Gasteiger partial charge in [-0.3, -0.25) is 5.10 Å². The molecule has 0 amide bonds. The smallest absolute Gasteiger partial charge is 0.216 e. The van der Waals surface area contributed by atoms with Crippen molar-refractivity contribution in [3.8, 4) is 11.5 Å². The lowest BCUT2D eigenvalue weighted by Crippen LogP contribution is -2.02. The first-order chi connectivity index (χ1) is 14.6. The number of H-pyrrole nitrogens is 1. The highest BCUT2D eigenvalue weighted by Crippen LogP contribution is 2.29. The summed E-state index contributed by atoms with van der Waals surface area (Å²) in [7, 11) is 0. The van der Waals surface area contributed by atoms with Crippen LogP contribution in [0.2, 0.25) is 0 Å². The first-order valence-electron chi connectivity index (χ1n) is 9.96. The summed E-state index contributed by atoms with van der Waals surface area (Å²) in [6, 6.07) is 12.0. The second kappa shape index (κ2) is 10.7. The Morgan fingerprint density at radius 1 is 1.17 bits per heavy atom. The molecule has 158 valence electrons. The average molecular weight is 429 g/mol. The minimum Gasteiger partial charge on any atom is -0.490 e. The van der Waals surface area contributed by atoms with E-state index in [2.05, 4.69) is 22.2 Å². The van der Waals surface area contributed by atoms with Crippen LogP contribution in [-0.4, -0.2) is 27.7 Å². The number of rotatable bonds is 10. The predicted octanol–water partition coefficient (Wildman–Crippen LogP) is 5.28. The van der Waals surface area contributed by atoms with Crippen molar-refractivity contribution in [3.05, 3.63) is 70.0 Å². The van der Waals surface area contributed by atoms with Gasteiger partial charge in [-0.15, -0.1) is 0 Å². The minimum atomic E-state index is -0.296. The maximum Gasteiger partial charge on any atom is 0.216 e. The van der Waals surface area contributed by atoms with Gasteiger partial charge in [0.25, 0.3) is 0 Å². The zero-order valence-corrected chi connectivity index (χ0v) is 17.9. The van der Waals surface area contributed by atoms with E-state index in [9.17, 15) is 4.39 Å². The number of ether oxygens (including phenoxy) is 2. The van der Waals surface area contributed by atoms with Crippen LogP contribution in [0.15, 0.2) is 47.6 Å². The number of halogens is 1. The summed E-state index contributed by atoms with van der Waals surface area (Å²) in [6.07, 6.45) is 4.57. The first-order valence-corrected chi connectivity index (χ1v) is 10.4. The largest absolute Gasteiger partial charge is 0.490 e. The third-order valence-corrected chi connectivity index (χ3v) is 4.67. The molecule has 1 heterocycles. The van der Waals surface area contributed by atoms with Gasteiger partial charge in [-0.25, -0.2) is 4.39 Å². The molecule has 1 N–H and O–H groups in total. The molecule has 0 radical (unpaired) electrons. The van der Waals surface area contributed by atoms with Crippen LogP contribution in [0.1, 0.15) is 43.6 Å². The van der Waals surface area contributed by atoms with Crippen LogP contribution in [0.3, 0.4) is 0 Å². The van der Waals surface area contributed by atoms with Crippen molar-refractivity contribution in [2.75, 3.05) is 6.61 Å². The number of aryl methyl sites for hydroxylation is 1. The number of hydrogen-bond acceptors (Lipinski definition) is 5. The van der Waals surface area contributed by atoms with Crippen molar-refractivity contribution in [1.29, 1.82) is 0 Å². The topological polar surface area (TPSA) is 64.4 Å². The molecule has 2 aromatic carbocycles. The van der Waals surface area contributed by atoms with Gasteiger partial charge < -0.3 is 9.47 Å². The maximum atomic E-state index is 13.8. The van der Waals surface area contributed by atoms with E-state index in [1.165, 1.54) is 6.07 Å². The number of benzene rings is 2. The van der Waals surface area contributed by atoms with E-state index in [1.807, 2.05) is 19.1 Å². The van der Waals surface area contributed by atoms with Crippen molar-refractivity contribution in [3.63, 3.8) is 0 Å². The molecule has 0 unspecified atom stereocenters. The quantitative estimate of drug-likeness (QED) is 0.352. The number of aromatic amines is 1. The standard InChI is InChI=1S/C22H25FN4O2S/c1-3-5-10-21-25-26-22(30)27(21)24-14-16-11-12-19(20(13-16)28-4-2)29-15-17-8-6-7-9-18(17)23/h6-9,11-14H,3-5,10,15H2,1-2H3,(H,26,30)/b24-14+. The summed E-state index contributed by atoms with van der Waals surface area (Å²) in [6.45, 7) is 4.61. The van der Waals surface area contributed by atoms with Crippen LogP contribution in [0.25, 0.3) is 0 Å². The fourth-order valence-corrected chi connectivity index (χ4v) is 3.03. The average Bonchev–Trinajstić information content (AvgIpc) is 3.10. The Bertz CT molecular complexity index is 1060. The molecule has 1 aromatic heterocycles. The zero-order valence-electron chi connectivity index (χ0n) is 17.1. The zero-order chi connectivity index (χ0) is 21.3. The van der Waals surface area contributed by atoms with Crippen LogP contribution in [0.4, 0.5) is 4.39 Å². The lowest BCUT2D eigenvalue weighted by atomic mass is 10.2. The van der Waals surface area contributed by atoms with Crippen molar-refractivity contribution in [2.45, 2.75) is 39.7 Å². The van der Waals surface area contributed by atoms with Crippen LogP contribution >= 0.6 is 12.2 Å². The number of hydrogen-bond donors (Lipinski definition) is 1. The van der Waals surface area contributed by atoms with Gasteiger partial charge >= 0.3 is 0 Å². The Labute approximate surface area is 180 Å². The molecule has 0 spiro atoms. The number of aromatic nitrogens is 3. The fraction of sp³-hybridized carbons (Fsp3) is 0.318. The second-order valence-electron chi connectivity index (χ2n) is 6.62. The SMILES string of the molecule is CCCCc1n[nH]c(=S)n1/N=C/c1ccc(OCc2ccccc2F)c(OCC)c1. The van der Waals surface area contributed by atoms with Crippen LogP contribution < -0.4 is 9.47 Å². The summed E-state index contributed by atoms with van der Waals surface area (Å²) in [5.41, 5.74) is 1.31. The van der Waals surface area contributed by atoms with E-state index in [4.69, 9.17) is 21.7 Å². The molecule has 0 bridgehead atoms. The molecule has 0 atom stereocenters. The molecule has 30 heavy (non-hydrogen) atoms. The monoisotopic (exact) mass is 428 g/mol. The molecule has 0 aliphatic carbocycles. The van der Waals surface area contributed by atoms with Crippen molar-refractivity contribution < 1.29 is 13.9 Å². The van der Waals surface area contributed by atoms with Crippen molar-refractivity contribution in [1.82, 2.24) is 14.9 Å². The fourth-order valence-electron chi connectivity index (χ4n) is 2.83. The lowest BCUT2D eigenvalue weighted by Gasteiger charge is -2.13. The highest BCUT2D eigenvalue weighted by atomic mass is 32.1. The molecule has 8 heteroatoms. The summed E-state index contributed by atoms with van der Waals surface area (Å²) >= 11 is 5.27. The number of unbranched alkanes of at least 4 members (excludes halogenated alkanes) is 1. The molecule has 3 rings (SSSR count). The Morgan fingerprint density at radius 2 is 2.00 bits per heavy atom. The first kappa shape index (κ1) is 21.7. The highest BCUT2D eigenvalue weighted by Gasteiger charge is 2.09. The summed E-state index contributed by atoms with van der Waals surface area (Å²) in [5, 5.41) is 11.5. The van der Waals surface area contributed by atoms with E-state index >= 15 is 0 Å². The number of nitrogens with one attached hydrogen (secondary N) is 1. The molecule has 0 saturated carbocycles. The van der Waals surface area contributed by atoms with Crippen LogP contribution in [0, 0.1) is 10.6 Å². The third-order valence-electron chi connectivity index (χ3n) is 4.40. The van der Waals surface area contributed by atoms with Gasteiger partial charge in [0.05, 0.1) is 12.8 Å². The van der Waals surface area contributed by atoms with Gasteiger partial charge in [-0.05, 0) is 55.4 Å². The van der Waals surface area contributed by atoms with Gasteiger partial charge in [-0.2, -0.15) is 14.9 Å². The Kier molecular flexibility index (Phi) is 7.73. The minimum absolute atomic E-state index is 0.116. The number of nitrogens with zero attached hydrogens (tertiary/aromatic N) is 3. The van der Waals surface area contributed by atoms with Gasteiger partial charge in [0.15, 0.2) is 17.3 Å². The lowest BCUT2D eigenvalue weighted by molar-refractivity contribution is 0.266. The molecule has 0 saturated heterocycles. The Morgan fingerprint density at radius 3 is 2.77 bits per heavy atom. The summed E-state index contributed by atoms with van der Waals surface area (Å²) in [5.74, 6) is 1.61. The van der Waals surface area contributed by atoms with Gasteiger partial charge in [0.2, 0.25) is 4.77 Å². The van der Waals surface area contributed by atoms with E-state index in [0.717, 1.165) is 30.7 Å². The Hall–Kier alpha value is -3.00. The van der Waals surface area contributed by atoms with Gasteiger partial charge in [0, 0.05) is 12.0 Å². The van der Waals surface area contributed by atoms with Crippen LogP contribution in [-0.2, 0) is 13.0 Å². The molecule has 0 aliphatic rings. The third kappa shape index (κ3) is 5.54. The molecule has 6 nitrogen and oxygen atoms in total. The normalized spacial score (nSPS) is 11.2. The van der Waals surface area contributed by atoms with Gasteiger partial charge in [0.1, 0.15) is 12.4 Å². The van der Waals surface area contributed by atoms with Gasteiger partial charge in [-0.1, -0.05) is 31.5 Å². The Balaban J connectivity index is 1.78. The summed E-state index contributed by atoms with van der Waals surface area (Å²) in [4.78, 5) is 0. The molecule has 0 aliphatic heterocycles. The van der Waals surface area contributed by atoms with Crippen molar-refractivity contribution in [2.24, 2.45) is 5.10 Å². The van der Waals surface area contributed by atoms with Crippen molar-refractivity contribution >= 4 is 18.4 Å². The molecule has 0 fully saturated rings. The molecular formula is C22H25FN4O2S. The second-order valence-corrected chi connectivity index (χ2v) is 7.01. The van der Waals surface area contributed by atoms with E-state index < -0.39 is 0 Å². The van der Waals surface area contributed by atoms with E-state index in [-0.39, 0.29) is 12.4 Å². The van der Waals surface area contributed by atoms with E-state index in [1.54, 1.807) is 35.2 Å². The molecular weight excluding hydrogens is 403 g/mol. The highest BCUT2D eigenvalue weighted by molar-refractivity contribution is 7.71. The van der Waals surface area contributed by atoms with E-state index in [0.29, 0.717) is 28.4 Å². The molecule has 3 aromatic rings. The summed E-state index contributed by atoms with van der Waals surface area (Å²) < 4.78 is 27.4. The maximum absolute atomic E-state index is 13.8.